The van der Waals surface area contributed by atoms with Gasteiger partial charge in [-0.05, 0) is 24.6 Å². The number of fused-ring (bicyclic) bond motifs is 3. The SMILES string of the molecule is Cc1nc(NCc2cnn(Cc3cc(F)c(F)c(F)c3)c2)nc2c1NC(=O)[C@@H]1C[C@@H](O)CN21. The number of carbonyl (C=O) groups is 1. The van der Waals surface area contributed by atoms with Crippen LogP contribution in [0.3, 0.4) is 0 Å². The molecule has 4 heterocycles. The standard InChI is InChI=1S/C21H20F3N7O2/c1-10-18-19(31-9-13(32)4-16(31)20(33)28-18)29-21(27-10)25-5-12-6-26-30(8-12)7-11-2-14(22)17(24)15(23)3-11/h2-3,6,8,13,16,32H,4-5,7,9H2,1H3,(H,28,33)(H,25,27,29)/t13-,16+/m1/s1. The van der Waals surface area contributed by atoms with Crippen molar-refractivity contribution in [3.63, 3.8) is 0 Å². The highest BCUT2D eigenvalue weighted by atomic mass is 19.2. The molecule has 0 aliphatic carbocycles. The molecule has 2 aliphatic heterocycles. The molecule has 0 bridgehead atoms. The van der Waals surface area contributed by atoms with Crippen LogP contribution in [-0.4, -0.2) is 49.5 Å². The zero-order chi connectivity index (χ0) is 23.3. The van der Waals surface area contributed by atoms with Crippen LogP contribution in [0.4, 0.5) is 30.6 Å². The van der Waals surface area contributed by atoms with Gasteiger partial charge in [0.25, 0.3) is 0 Å². The smallest absolute Gasteiger partial charge is 0.247 e. The number of aliphatic hydroxyl groups is 1. The summed E-state index contributed by atoms with van der Waals surface area (Å²) in [6.07, 6.45) is 3.01. The van der Waals surface area contributed by atoms with Crippen molar-refractivity contribution >= 4 is 23.4 Å². The first-order valence-corrected chi connectivity index (χ1v) is 10.3. The molecule has 33 heavy (non-hydrogen) atoms. The van der Waals surface area contributed by atoms with Crippen molar-refractivity contribution in [2.24, 2.45) is 0 Å². The Kier molecular flexibility index (Phi) is 5.16. The van der Waals surface area contributed by atoms with Crippen molar-refractivity contribution in [3.05, 3.63) is 58.8 Å². The molecule has 0 unspecified atom stereocenters. The van der Waals surface area contributed by atoms with Crippen molar-refractivity contribution in [2.45, 2.75) is 38.6 Å². The molecule has 172 valence electrons. The quantitative estimate of drug-likeness (QED) is 0.501. The largest absolute Gasteiger partial charge is 0.391 e. The molecule has 9 nitrogen and oxygen atoms in total. The van der Waals surface area contributed by atoms with E-state index in [4.69, 9.17) is 0 Å². The summed E-state index contributed by atoms with van der Waals surface area (Å²) in [7, 11) is 0. The topological polar surface area (TPSA) is 108 Å². The Hall–Kier alpha value is -3.67. The maximum absolute atomic E-state index is 13.4. The number of amides is 1. The van der Waals surface area contributed by atoms with E-state index in [2.05, 4.69) is 25.7 Å². The van der Waals surface area contributed by atoms with Crippen molar-refractivity contribution in [1.29, 1.82) is 0 Å². The lowest BCUT2D eigenvalue weighted by molar-refractivity contribution is -0.117. The van der Waals surface area contributed by atoms with Crippen molar-refractivity contribution in [2.75, 3.05) is 22.1 Å². The van der Waals surface area contributed by atoms with Crippen LogP contribution in [0.25, 0.3) is 0 Å². The predicted octanol–water partition coefficient (Wildman–Crippen LogP) is 1.95. The summed E-state index contributed by atoms with van der Waals surface area (Å²) in [6, 6.07) is 1.40. The molecule has 3 aromatic rings. The summed E-state index contributed by atoms with van der Waals surface area (Å²) in [5.41, 5.74) is 2.13. The molecular weight excluding hydrogens is 439 g/mol. The molecule has 1 saturated heterocycles. The normalized spacial score (nSPS) is 19.3. The fraction of sp³-hybridized carbons (Fsp3) is 0.333. The Bertz CT molecular complexity index is 1230. The lowest BCUT2D eigenvalue weighted by atomic mass is 10.1. The van der Waals surface area contributed by atoms with E-state index in [1.807, 2.05) is 0 Å². The fourth-order valence-electron chi connectivity index (χ4n) is 4.15. The highest BCUT2D eigenvalue weighted by molar-refractivity contribution is 6.04. The predicted molar refractivity (Wildman–Crippen MR) is 112 cm³/mol. The molecular formula is C21H20F3N7O2. The second-order valence-corrected chi connectivity index (χ2v) is 8.15. The van der Waals surface area contributed by atoms with Gasteiger partial charge in [0.15, 0.2) is 23.3 Å². The van der Waals surface area contributed by atoms with E-state index in [0.717, 1.165) is 17.7 Å². The van der Waals surface area contributed by atoms with E-state index in [1.165, 1.54) is 4.68 Å². The molecule has 2 atom stereocenters. The molecule has 3 N–H and O–H groups in total. The number of hydrogen-bond acceptors (Lipinski definition) is 7. The monoisotopic (exact) mass is 459 g/mol. The molecule has 0 spiro atoms. The molecule has 1 aromatic carbocycles. The molecule has 1 amide bonds. The van der Waals surface area contributed by atoms with Gasteiger partial charge in [-0.1, -0.05) is 0 Å². The van der Waals surface area contributed by atoms with E-state index < -0.39 is 29.6 Å². The molecule has 0 radical (unpaired) electrons. The van der Waals surface area contributed by atoms with Gasteiger partial charge in [-0.15, -0.1) is 0 Å². The zero-order valence-electron chi connectivity index (χ0n) is 17.5. The second-order valence-electron chi connectivity index (χ2n) is 8.15. The summed E-state index contributed by atoms with van der Waals surface area (Å²) >= 11 is 0. The number of halogens is 3. The van der Waals surface area contributed by atoms with Gasteiger partial charge in [-0.25, -0.2) is 18.2 Å². The van der Waals surface area contributed by atoms with Gasteiger partial charge in [0.05, 0.1) is 24.5 Å². The number of carbonyl (C=O) groups excluding carboxylic acids is 1. The minimum absolute atomic E-state index is 0.0704. The Balaban J connectivity index is 1.30. The van der Waals surface area contributed by atoms with E-state index >= 15 is 0 Å². The van der Waals surface area contributed by atoms with Gasteiger partial charge >= 0.3 is 0 Å². The molecule has 2 aromatic heterocycles. The van der Waals surface area contributed by atoms with Gasteiger partial charge in [-0.2, -0.15) is 10.1 Å². The van der Waals surface area contributed by atoms with E-state index in [1.54, 1.807) is 24.2 Å². The number of hydrogen-bond donors (Lipinski definition) is 3. The third kappa shape index (κ3) is 3.97. The van der Waals surface area contributed by atoms with Crippen LogP contribution in [-0.2, 0) is 17.9 Å². The van der Waals surface area contributed by atoms with Crippen molar-refractivity contribution in [3.8, 4) is 0 Å². The average Bonchev–Trinajstić information content (AvgIpc) is 3.38. The van der Waals surface area contributed by atoms with Crippen LogP contribution in [0.5, 0.6) is 0 Å². The minimum atomic E-state index is -1.50. The average molecular weight is 459 g/mol. The number of aryl methyl sites for hydroxylation is 1. The van der Waals surface area contributed by atoms with Gasteiger partial charge in [0.2, 0.25) is 11.9 Å². The number of nitrogens with one attached hydrogen (secondary N) is 2. The summed E-state index contributed by atoms with van der Waals surface area (Å²) in [5, 5.41) is 20.1. The van der Waals surface area contributed by atoms with Gasteiger partial charge in [0, 0.05) is 31.3 Å². The Labute approximate surface area is 186 Å². The first-order chi connectivity index (χ1) is 15.8. The van der Waals surface area contributed by atoms with Crippen molar-refractivity contribution < 1.29 is 23.1 Å². The zero-order valence-corrected chi connectivity index (χ0v) is 17.5. The molecule has 1 fully saturated rings. The molecule has 2 aliphatic rings. The molecule has 0 saturated carbocycles. The minimum Gasteiger partial charge on any atom is -0.391 e. The van der Waals surface area contributed by atoms with Crippen LogP contribution >= 0.6 is 0 Å². The third-order valence-corrected chi connectivity index (χ3v) is 5.70. The van der Waals surface area contributed by atoms with Crippen LogP contribution in [0, 0.1) is 24.4 Å². The number of rotatable bonds is 5. The Morgan fingerprint density at radius 3 is 2.73 bits per heavy atom. The Morgan fingerprint density at radius 2 is 1.97 bits per heavy atom. The van der Waals surface area contributed by atoms with Gasteiger partial charge in [0.1, 0.15) is 11.7 Å². The number of benzene rings is 1. The maximum Gasteiger partial charge on any atom is 0.247 e. The molecule has 5 rings (SSSR count). The summed E-state index contributed by atoms with van der Waals surface area (Å²) in [5.74, 6) is -3.27. The van der Waals surface area contributed by atoms with Crippen LogP contribution in [0.1, 0.15) is 23.2 Å². The van der Waals surface area contributed by atoms with Gasteiger partial charge < -0.3 is 20.6 Å². The third-order valence-electron chi connectivity index (χ3n) is 5.70. The molecule has 12 heteroatoms. The summed E-state index contributed by atoms with van der Waals surface area (Å²) in [4.78, 5) is 23.0. The highest BCUT2D eigenvalue weighted by Gasteiger charge is 2.42. The van der Waals surface area contributed by atoms with Crippen LogP contribution < -0.4 is 15.5 Å². The van der Waals surface area contributed by atoms with Crippen LogP contribution in [0.15, 0.2) is 24.5 Å². The second kappa shape index (κ2) is 8.03. The van der Waals surface area contributed by atoms with Gasteiger partial charge in [-0.3, -0.25) is 9.48 Å². The van der Waals surface area contributed by atoms with Crippen molar-refractivity contribution in [1.82, 2.24) is 19.7 Å². The lowest BCUT2D eigenvalue weighted by Gasteiger charge is -2.32. The number of aliphatic hydroxyl groups excluding tert-OH is 1. The highest BCUT2D eigenvalue weighted by Crippen LogP contribution is 2.37. The van der Waals surface area contributed by atoms with E-state index in [-0.39, 0.29) is 18.0 Å². The fourth-order valence-corrected chi connectivity index (χ4v) is 4.15. The number of nitrogens with zero attached hydrogens (tertiary/aromatic N) is 5. The number of aromatic nitrogens is 4. The maximum atomic E-state index is 13.4. The van der Waals surface area contributed by atoms with E-state index in [0.29, 0.717) is 42.7 Å². The number of anilines is 3. The summed E-state index contributed by atoms with van der Waals surface area (Å²) < 4.78 is 41.5. The first-order valence-electron chi connectivity index (χ1n) is 10.3. The van der Waals surface area contributed by atoms with E-state index in [9.17, 15) is 23.1 Å². The summed E-state index contributed by atoms with van der Waals surface area (Å²) in [6.45, 7) is 2.47. The van der Waals surface area contributed by atoms with Crippen LogP contribution in [0.2, 0.25) is 0 Å². The Morgan fingerprint density at radius 1 is 1.21 bits per heavy atom. The lowest BCUT2D eigenvalue weighted by Crippen LogP contribution is -2.45. The first kappa shape index (κ1) is 21.2.